The lowest BCUT2D eigenvalue weighted by Crippen LogP contribution is -2.57. The molecule has 17 heavy (non-hydrogen) atoms. The molecule has 96 valence electrons. The van der Waals surface area contributed by atoms with Crippen LogP contribution >= 0.6 is 0 Å². The Labute approximate surface area is 104 Å². The van der Waals surface area contributed by atoms with Gasteiger partial charge in [0.25, 0.3) is 0 Å². The molecule has 2 aliphatic rings. The van der Waals surface area contributed by atoms with Crippen molar-refractivity contribution in [3.05, 3.63) is 0 Å². The molecular formula is C14H23NO2. The first-order valence-corrected chi connectivity index (χ1v) is 6.52. The SMILES string of the molecule is CC1(C)CC(O)(C2(C#N)CCCC2)C(C)(C)O1. The van der Waals surface area contributed by atoms with E-state index in [0.29, 0.717) is 6.42 Å². The predicted molar refractivity (Wildman–Crippen MR) is 65.3 cm³/mol. The molecule has 3 heteroatoms. The summed E-state index contributed by atoms with van der Waals surface area (Å²) in [6, 6.07) is 2.42. The van der Waals surface area contributed by atoms with Crippen LogP contribution in [0.4, 0.5) is 0 Å². The summed E-state index contributed by atoms with van der Waals surface area (Å²) in [4.78, 5) is 0. The predicted octanol–water partition coefficient (Wildman–Crippen LogP) is 2.78. The molecule has 0 aromatic carbocycles. The molecule has 1 heterocycles. The molecule has 1 N–H and O–H groups in total. The van der Waals surface area contributed by atoms with Crippen molar-refractivity contribution in [2.24, 2.45) is 5.41 Å². The highest BCUT2D eigenvalue weighted by Crippen LogP contribution is 2.58. The molecule has 0 bridgehead atoms. The minimum Gasteiger partial charge on any atom is -0.385 e. The van der Waals surface area contributed by atoms with Crippen LogP contribution in [-0.4, -0.2) is 21.9 Å². The third kappa shape index (κ3) is 1.62. The van der Waals surface area contributed by atoms with E-state index in [1.807, 2.05) is 27.7 Å². The Balaban J connectivity index is 2.45. The molecule has 1 aliphatic carbocycles. The third-order valence-electron chi connectivity index (χ3n) is 4.67. The summed E-state index contributed by atoms with van der Waals surface area (Å²) in [5.41, 5.74) is -2.67. The van der Waals surface area contributed by atoms with Crippen LogP contribution in [0.5, 0.6) is 0 Å². The summed E-state index contributed by atoms with van der Waals surface area (Å²) in [7, 11) is 0. The third-order valence-corrected chi connectivity index (χ3v) is 4.67. The molecule has 1 saturated carbocycles. The maximum atomic E-state index is 11.2. The van der Waals surface area contributed by atoms with E-state index in [0.717, 1.165) is 25.7 Å². The average molecular weight is 237 g/mol. The minimum atomic E-state index is -1.03. The monoisotopic (exact) mass is 237 g/mol. The largest absolute Gasteiger partial charge is 0.385 e. The van der Waals surface area contributed by atoms with E-state index >= 15 is 0 Å². The lowest BCUT2D eigenvalue weighted by molar-refractivity contribution is -0.163. The van der Waals surface area contributed by atoms with Gasteiger partial charge in [-0.05, 0) is 40.5 Å². The van der Waals surface area contributed by atoms with Crippen LogP contribution in [0.3, 0.4) is 0 Å². The summed E-state index contributed by atoms with van der Waals surface area (Å²) in [6.45, 7) is 7.82. The average Bonchev–Trinajstić information content (AvgIpc) is 2.69. The van der Waals surface area contributed by atoms with E-state index < -0.39 is 16.6 Å². The first-order chi connectivity index (χ1) is 7.68. The van der Waals surface area contributed by atoms with E-state index in [4.69, 9.17) is 4.74 Å². The molecular weight excluding hydrogens is 214 g/mol. The van der Waals surface area contributed by atoms with Crippen molar-refractivity contribution in [2.45, 2.75) is 76.6 Å². The summed E-state index contributed by atoms with van der Waals surface area (Å²) in [6.07, 6.45) is 4.20. The summed E-state index contributed by atoms with van der Waals surface area (Å²) < 4.78 is 5.99. The van der Waals surface area contributed by atoms with Crippen LogP contribution in [0.25, 0.3) is 0 Å². The van der Waals surface area contributed by atoms with Gasteiger partial charge in [0.15, 0.2) is 0 Å². The van der Waals surface area contributed by atoms with Crippen molar-refractivity contribution in [2.75, 3.05) is 0 Å². The molecule has 1 saturated heterocycles. The highest BCUT2D eigenvalue weighted by molar-refractivity contribution is 5.22. The van der Waals surface area contributed by atoms with E-state index in [-0.39, 0.29) is 5.60 Å². The molecule has 0 amide bonds. The zero-order valence-corrected chi connectivity index (χ0v) is 11.3. The Morgan fingerprint density at radius 1 is 1.12 bits per heavy atom. The van der Waals surface area contributed by atoms with Gasteiger partial charge in [-0.1, -0.05) is 12.8 Å². The standard InChI is InChI=1S/C14H23NO2/c1-11(2)9-14(16,12(3,4)17-11)13(10-15)7-5-6-8-13/h16H,5-9H2,1-4H3. The van der Waals surface area contributed by atoms with Gasteiger partial charge in [-0.2, -0.15) is 5.26 Å². The molecule has 2 rings (SSSR count). The first kappa shape index (κ1) is 12.9. The quantitative estimate of drug-likeness (QED) is 0.763. The zero-order valence-electron chi connectivity index (χ0n) is 11.3. The number of nitrogens with zero attached hydrogens (tertiary/aromatic N) is 1. The van der Waals surface area contributed by atoms with Crippen molar-refractivity contribution in [1.82, 2.24) is 0 Å². The normalized spacial score (nSPS) is 37.9. The fourth-order valence-electron chi connectivity index (χ4n) is 3.98. The number of ether oxygens (including phenoxy) is 1. The molecule has 1 aliphatic heterocycles. The summed E-state index contributed by atoms with van der Waals surface area (Å²) in [5, 5.41) is 20.7. The van der Waals surface area contributed by atoms with Gasteiger partial charge >= 0.3 is 0 Å². The Bertz CT molecular complexity index is 361. The molecule has 1 unspecified atom stereocenters. The van der Waals surface area contributed by atoms with Crippen LogP contribution in [0.15, 0.2) is 0 Å². The number of hydrogen-bond donors (Lipinski definition) is 1. The Morgan fingerprint density at radius 3 is 2.00 bits per heavy atom. The molecule has 3 nitrogen and oxygen atoms in total. The summed E-state index contributed by atoms with van der Waals surface area (Å²) in [5.74, 6) is 0. The highest BCUT2D eigenvalue weighted by atomic mass is 16.5. The van der Waals surface area contributed by atoms with Crippen LogP contribution in [0, 0.1) is 16.7 Å². The van der Waals surface area contributed by atoms with Crippen LogP contribution < -0.4 is 0 Å². The maximum absolute atomic E-state index is 11.2. The first-order valence-electron chi connectivity index (χ1n) is 6.52. The van der Waals surface area contributed by atoms with Crippen molar-refractivity contribution in [3.8, 4) is 6.07 Å². The Morgan fingerprint density at radius 2 is 1.65 bits per heavy atom. The number of aliphatic hydroxyl groups is 1. The zero-order chi connectivity index (χ0) is 12.9. The fourth-order valence-corrected chi connectivity index (χ4v) is 3.98. The second-order valence-electron chi connectivity index (χ2n) is 6.81. The van der Waals surface area contributed by atoms with E-state index in [2.05, 4.69) is 6.07 Å². The molecule has 0 aromatic heterocycles. The lowest BCUT2D eigenvalue weighted by Gasteiger charge is -2.44. The van der Waals surface area contributed by atoms with Gasteiger partial charge in [-0.3, -0.25) is 0 Å². The number of hydrogen-bond acceptors (Lipinski definition) is 3. The van der Waals surface area contributed by atoms with Gasteiger partial charge in [0.1, 0.15) is 5.60 Å². The second-order valence-corrected chi connectivity index (χ2v) is 6.81. The lowest BCUT2D eigenvalue weighted by atomic mass is 9.62. The van der Waals surface area contributed by atoms with E-state index in [1.54, 1.807) is 0 Å². The maximum Gasteiger partial charge on any atom is 0.114 e. The van der Waals surface area contributed by atoms with Gasteiger partial charge in [0.05, 0.1) is 22.7 Å². The van der Waals surface area contributed by atoms with E-state index in [1.165, 1.54) is 0 Å². The van der Waals surface area contributed by atoms with Crippen molar-refractivity contribution < 1.29 is 9.84 Å². The van der Waals surface area contributed by atoms with Gasteiger partial charge in [0.2, 0.25) is 0 Å². The van der Waals surface area contributed by atoms with Crippen molar-refractivity contribution in [3.63, 3.8) is 0 Å². The number of rotatable bonds is 1. The summed E-state index contributed by atoms with van der Waals surface area (Å²) >= 11 is 0. The van der Waals surface area contributed by atoms with Gasteiger partial charge in [-0.15, -0.1) is 0 Å². The van der Waals surface area contributed by atoms with Crippen molar-refractivity contribution >= 4 is 0 Å². The van der Waals surface area contributed by atoms with Crippen LogP contribution in [-0.2, 0) is 4.74 Å². The van der Waals surface area contributed by atoms with Gasteiger partial charge in [-0.25, -0.2) is 0 Å². The molecule has 0 aromatic rings. The number of nitriles is 1. The Kier molecular flexibility index (Phi) is 2.62. The Hall–Kier alpha value is -0.590. The van der Waals surface area contributed by atoms with Crippen LogP contribution in [0.2, 0.25) is 0 Å². The molecule has 0 radical (unpaired) electrons. The second kappa shape index (κ2) is 3.46. The van der Waals surface area contributed by atoms with Crippen molar-refractivity contribution in [1.29, 1.82) is 5.26 Å². The van der Waals surface area contributed by atoms with Gasteiger partial charge in [0, 0.05) is 6.42 Å². The molecule has 0 spiro atoms. The fraction of sp³-hybridized carbons (Fsp3) is 0.929. The minimum absolute atomic E-state index is 0.356. The molecule has 1 atom stereocenters. The van der Waals surface area contributed by atoms with Crippen LogP contribution in [0.1, 0.15) is 59.8 Å². The van der Waals surface area contributed by atoms with E-state index in [9.17, 15) is 10.4 Å². The molecule has 2 fully saturated rings. The van der Waals surface area contributed by atoms with Gasteiger partial charge < -0.3 is 9.84 Å². The highest BCUT2D eigenvalue weighted by Gasteiger charge is 2.67. The smallest absolute Gasteiger partial charge is 0.114 e. The topological polar surface area (TPSA) is 53.2 Å².